The first-order valence-electron chi connectivity index (χ1n) is 4.22. The average molecular weight is 263 g/mol. The van der Waals surface area contributed by atoms with Crippen LogP contribution in [0.4, 0.5) is 0 Å². The molecule has 0 aliphatic rings. The molecule has 3 nitrogen and oxygen atoms in total. The zero-order valence-corrected chi connectivity index (χ0v) is 11.4. The summed E-state index contributed by atoms with van der Waals surface area (Å²) >= 11 is 7.80. The van der Waals surface area contributed by atoms with Gasteiger partial charge in [-0.25, -0.2) is 0 Å². The number of thiocarbonyl (C=S) groups is 1. The Kier molecular flexibility index (Phi) is 6.98. The van der Waals surface area contributed by atoms with Gasteiger partial charge in [0.15, 0.2) is 0 Å². The van der Waals surface area contributed by atoms with E-state index in [0.29, 0.717) is 9.95 Å². The summed E-state index contributed by atoms with van der Waals surface area (Å²) in [6.45, 7) is 1.78. The fourth-order valence-corrected chi connectivity index (χ4v) is 2.85. The zero-order valence-electron chi connectivity index (χ0n) is 8.90. The number of nitrogens with zero attached hydrogens (tertiary/aromatic N) is 1. The van der Waals surface area contributed by atoms with E-state index < -0.39 is 4.75 Å². The molecule has 1 unspecified atom stereocenters. The molecule has 1 atom stereocenters. The van der Waals surface area contributed by atoms with Crippen LogP contribution < -0.4 is 0 Å². The van der Waals surface area contributed by atoms with Crippen LogP contribution in [0.2, 0.25) is 0 Å². The van der Waals surface area contributed by atoms with Gasteiger partial charge in [-0.3, -0.25) is 4.79 Å². The molecule has 0 aromatic carbocycles. The van der Waals surface area contributed by atoms with Crippen LogP contribution in [-0.2, 0) is 9.53 Å². The summed E-state index contributed by atoms with van der Waals surface area (Å²) in [5.74, 6) is -0.299. The van der Waals surface area contributed by atoms with E-state index in [1.165, 1.54) is 30.6 Å². The molecule has 84 valence electrons. The van der Waals surface area contributed by atoms with Crippen LogP contribution in [-0.4, -0.2) is 27.6 Å². The van der Waals surface area contributed by atoms with Crippen LogP contribution in [0.3, 0.4) is 0 Å². The van der Waals surface area contributed by atoms with E-state index in [4.69, 9.17) is 17.5 Å². The maximum absolute atomic E-state index is 11.0. The minimum atomic E-state index is -0.645. The van der Waals surface area contributed by atoms with Crippen molar-refractivity contribution < 1.29 is 9.53 Å². The number of carbonyl (C=O) groups is 1. The summed E-state index contributed by atoms with van der Waals surface area (Å²) in [6.07, 6.45) is 2.56. The molecule has 0 aromatic rings. The minimum absolute atomic E-state index is 0.241. The molecule has 0 saturated carbocycles. The van der Waals surface area contributed by atoms with E-state index in [9.17, 15) is 4.79 Å². The van der Waals surface area contributed by atoms with Gasteiger partial charge in [-0.1, -0.05) is 24.0 Å². The summed E-state index contributed by atoms with van der Waals surface area (Å²) in [4.78, 5) is 11.0. The molecule has 0 spiro atoms. The van der Waals surface area contributed by atoms with Crippen LogP contribution in [0.25, 0.3) is 0 Å². The molecule has 0 aliphatic carbocycles. The van der Waals surface area contributed by atoms with Crippen molar-refractivity contribution in [1.82, 2.24) is 0 Å². The number of thioether (sulfide) groups is 2. The predicted octanol–water partition coefficient (Wildman–Crippen LogP) is 2.60. The number of methoxy groups -OCH3 is 1. The number of rotatable bonds is 4. The lowest BCUT2D eigenvalue weighted by Gasteiger charge is -2.19. The first-order chi connectivity index (χ1) is 6.97. The van der Waals surface area contributed by atoms with Crippen molar-refractivity contribution in [1.29, 1.82) is 5.26 Å². The third-order valence-electron chi connectivity index (χ3n) is 1.75. The monoisotopic (exact) mass is 263 g/mol. The number of nitriles is 1. The molecular formula is C9H13NO2S3. The standard InChI is InChI=1S/C9H13NO2S3/c1-9(6-10,15-8(13)14-3)5-4-7(11)12-2/h4-5H2,1-3H3. The highest BCUT2D eigenvalue weighted by molar-refractivity contribution is 8.47. The maximum atomic E-state index is 11.0. The fraction of sp³-hybridized carbons (Fsp3) is 0.667. The number of hydrogen-bond acceptors (Lipinski definition) is 6. The molecule has 6 heteroatoms. The summed E-state index contributed by atoms with van der Waals surface area (Å²) in [6, 6.07) is 2.18. The average Bonchev–Trinajstić information content (AvgIpc) is 2.25. The highest BCUT2D eigenvalue weighted by atomic mass is 32.2. The third kappa shape index (κ3) is 6.03. The Balaban J connectivity index is 4.26. The van der Waals surface area contributed by atoms with Crippen LogP contribution in [0.15, 0.2) is 0 Å². The minimum Gasteiger partial charge on any atom is -0.469 e. The van der Waals surface area contributed by atoms with Crippen molar-refractivity contribution in [2.75, 3.05) is 13.4 Å². The summed E-state index contributed by atoms with van der Waals surface area (Å²) in [5, 5.41) is 9.02. The Hall–Kier alpha value is -0.250. The van der Waals surface area contributed by atoms with E-state index in [2.05, 4.69) is 10.8 Å². The van der Waals surface area contributed by atoms with Gasteiger partial charge in [0.25, 0.3) is 0 Å². The van der Waals surface area contributed by atoms with Gasteiger partial charge in [0.1, 0.15) is 8.28 Å². The Morgan fingerprint density at radius 3 is 2.67 bits per heavy atom. The summed E-state index contributed by atoms with van der Waals surface area (Å²) < 4.78 is 4.59. The van der Waals surface area contributed by atoms with Crippen molar-refractivity contribution in [3.05, 3.63) is 0 Å². The van der Waals surface area contributed by atoms with Crippen LogP contribution in [0, 0.1) is 11.3 Å². The Morgan fingerprint density at radius 1 is 1.67 bits per heavy atom. The molecule has 0 aliphatic heterocycles. The second-order valence-electron chi connectivity index (χ2n) is 2.97. The van der Waals surface area contributed by atoms with Crippen molar-refractivity contribution in [2.24, 2.45) is 0 Å². The Labute approximate surface area is 104 Å². The highest BCUT2D eigenvalue weighted by Gasteiger charge is 2.27. The van der Waals surface area contributed by atoms with Crippen molar-refractivity contribution in [3.63, 3.8) is 0 Å². The second-order valence-corrected chi connectivity index (χ2v) is 6.49. The van der Waals surface area contributed by atoms with Crippen molar-refractivity contribution in [2.45, 2.75) is 24.5 Å². The molecule has 0 heterocycles. The highest BCUT2D eigenvalue weighted by Crippen LogP contribution is 2.33. The smallest absolute Gasteiger partial charge is 0.305 e. The quantitative estimate of drug-likeness (QED) is 0.574. The number of esters is 1. The molecule has 0 N–H and O–H groups in total. The van der Waals surface area contributed by atoms with Gasteiger partial charge < -0.3 is 4.74 Å². The van der Waals surface area contributed by atoms with Gasteiger partial charge in [0.05, 0.1) is 13.2 Å². The van der Waals surface area contributed by atoms with E-state index in [-0.39, 0.29) is 12.4 Å². The fourth-order valence-electron chi connectivity index (χ4n) is 0.798. The Morgan fingerprint density at radius 2 is 2.27 bits per heavy atom. The molecular weight excluding hydrogens is 250 g/mol. The number of carbonyl (C=O) groups excluding carboxylic acids is 1. The lowest BCUT2D eigenvalue weighted by molar-refractivity contribution is -0.140. The summed E-state index contributed by atoms with van der Waals surface area (Å²) in [7, 11) is 1.34. The lowest BCUT2D eigenvalue weighted by atomic mass is 10.1. The van der Waals surface area contributed by atoms with Gasteiger partial charge in [0.2, 0.25) is 0 Å². The van der Waals surface area contributed by atoms with Gasteiger partial charge in [-0.05, 0) is 19.6 Å². The zero-order chi connectivity index (χ0) is 11.9. The lowest BCUT2D eigenvalue weighted by Crippen LogP contribution is -2.20. The first kappa shape index (κ1) is 14.8. The topological polar surface area (TPSA) is 50.1 Å². The Bertz CT molecular complexity index is 288. The summed E-state index contributed by atoms with van der Waals surface area (Å²) in [5.41, 5.74) is 0. The van der Waals surface area contributed by atoms with E-state index in [1.807, 2.05) is 6.26 Å². The largest absolute Gasteiger partial charge is 0.469 e. The van der Waals surface area contributed by atoms with Crippen LogP contribution in [0.1, 0.15) is 19.8 Å². The van der Waals surface area contributed by atoms with Crippen molar-refractivity contribution >= 4 is 45.2 Å². The number of ether oxygens (including phenoxy) is 1. The number of hydrogen-bond donors (Lipinski definition) is 0. The molecule has 0 bridgehead atoms. The third-order valence-corrected chi connectivity index (χ3v) is 4.49. The normalized spacial score (nSPS) is 13.7. The molecule has 0 radical (unpaired) electrons. The van der Waals surface area contributed by atoms with Gasteiger partial charge in [-0.15, -0.1) is 11.8 Å². The SMILES string of the molecule is COC(=O)CCC(C)(C#N)SC(=S)SC. The van der Waals surface area contributed by atoms with Gasteiger partial charge >= 0.3 is 5.97 Å². The van der Waals surface area contributed by atoms with Gasteiger partial charge in [-0.2, -0.15) is 5.26 Å². The molecule has 15 heavy (non-hydrogen) atoms. The van der Waals surface area contributed by atoms with Crippen molar-refractivity contribution in [3.8, 4) is 6.07 Å². The first-order valence-corrected chi connectivity index (χ1v) is 6.67. The molecule has 0 fully saturated rings. The van der Waals surface area contributed by atoms with E-state index >= 15 is 0 Å². The van der Waals surface area contributed by atoms with Gasteiger partial charge in [0, 0.05) is 6.42 Å². The predicted molar refractivity (Wildman–Crippen MR) is 69.0 cm³/mol. The molecule has 0 saturated heterocycles. The van der Waals surface area contributed by atoms with E-state index in [0.717, 1.165) is 0 Å². The second kappa shape index (κ2) is 7.09. The van der Waals surface area contributed by atoms with E-state index in [1.54, 1.807) is 6.92 Å². The molecule has 0 aromatic heterocycles. The molecule has 0 rings (SSSR count). The molecule has 0 amide bonds. The van der Waals surface area contributed by atoms with Crippen LogP contribution in [0.5, 0.6) is 0 Å². The maximum Gasteiger partial charge on any atom is 0.305 e. The van der Waals surface area contributed by atoms with Crippen LogP contribution >= 0.6 is 35.7 Å².